The monoisotopic (exact) mass is 679 g/mol. The zero-order chi connectivity index (χ0) is 31.9. The fraction of sp³-hybridized carbons (Fsp3) is 0.375. The van der Waals surface area contributed by atoms with E-state index in [1.165, 1.54) is 30.2 Å². The first kappa shape index (κ1) is 33.9. The first-order chi connectivity index (χ1) is 21.0. The molecule has 1 atom stereocenters. The van der Waals surface area contributed by atoms with Gasteiger partial charge in [-0.25, -0.2) is 8.42 Å². The van der Waals surface area contributed by atoms with Crippen LogP contribution in [0, 0.1) is 0 Å². The molecule has 12 heteroatoms. The average molecular weight is 681 g/mol. The lowest BCUT2D eigenvalue weighted by Gasteiger charge is -2.35. The van der Waals surface area contributed by atoms with Crippen molar-refractivity contribution in [1.82, 2.24) is 10.2 Å². The number of benzene rings is 3. The van der Waals surface area contributed by atoms with Crippen molar-refractivity contribution >= 4 is 62.3 Å². The predicted molar refractivity (Wildman–Crippen MR) is 176 cm³/mol. The second kappa shape index (κ2) is 15.3. The molecular weight excluding hydrogens is 645 g/mol. The number of hydrogen-bond acceptors (Lipinski definition) is 5. The van der Waals surface area contributed by atoms with Gasteiger partial charge in [-0.2, -0.15) is 0 Å². The van der Waals surface area contributed by atoms with Crippen LogP contribution in [0.25, 0.3) is 0 Å². The highest BCUT2D eigenvalue weighted by molar-refractivity contribution is 7.92. The number of ether oxygens (including phenoxy) is 1. The summed E-state index contributed by atoms with van der Waals surface area (Å²) in [5.74, 6) is -0.514. The molecule has 1 unspecified atom stereocenters. The van der Waals surface area contributed by atoms with Crippen molar-refractivity contribution in [2.75, 3.05) is 24.2 Å². The minimum absolute atomic E-state index is 0.00501. The van der Waals surface area contributed by atoms with Crippen molar-refractivity contribution in [2.45, 2.75) is 57.2 Å². The summed E-state index contributed by atoms with van der Waals surface area (Å²) in [7, 11) is -2.50. The summed E-state index contributed by atoms with van der Waals surface area (Å²) >= 11 is 18.8. The van der Waals surface area contributed by atoms with E-state index < -0.39 is 28.5 Å². The Labute approximate surface area is 274 Å². The standard InChI is InChI=1S/C32H36Cl3N3O5S/c1-43-30-16-14-25(19-28(30)35)38(44(2,41)42)21-31(39)37(20-23-13-15-26(33)27(34)17-23)29(18-22-9-5-3-6-10-22)32(40)36-24-11-7-4-8-12-24/h3,5-6,9-10,13-17,19,24,29H,4,7-8,11-12,18,20-21H2,1-2H3,(H,36,40). The van der Waals surface area contributed by atoms with E-state index in [1.807, 2.05) is 30.3 Å². The highest BCUT2D eigenvalue weighted by Crippen LogP contribution is 2.31. The van der Waals surface area contributed by atoms with Gasteiger partial charge in [0.1, 0.15) is 18.3 Å². The molecule has 1 N–H and O–H groups in total. The minimum Gasteiger partial charge on any atom is -0.495 e. The van der Waals surface area contributed by atoms with E-state index in [-0.39, 0.29) is 35.6 Å². The van der Waals surface area contributed by atoms with E-state index in [1.54, 1.807) is 18.2 Å². The summed E-state index contributed by atoms with van der Waals surface area (Å²) < 4.78 is 32.2. The maximum atomic E-state index is 14.3. The number of anilines is 1. The Morgan fingerprint density at radius 2 is 1.61 bits per heavy atom. The van der Waals surface area contributed by atoms with Crippen LogP contribution >= 0.6 is 34.8 Å². The molecule has 0 bridgehead atoms. The molecule has 1 aliphatic rings. The second-order valence-electron chi connectivity index (χ2n) is 10.9. The lowest BCUT2D eigenvalue weighted by Crippen LogP contribution is -2.55. The number of halogens is 3. The van der Waals surface area contributed by atoms with Gasteiger partial charge in [-0.15, -0.1) is 0 Å². The van der Waals surface area contributed by atoms with Gasteiger partial charge in [0.25, 0.3) is 0 Å². The molecule has 8 nitrogen and oxygen atoms in total. The molecule has 0 radical (unpaired) electrons. The third kappa shape index (κ3) is 9.03. The second-order valence-corrected chi connectivity index (χ2v) is 14.0. The van der Waals surface area contributed by atoms with E-state index in [2.05, 4.69) is 5.32 Å². The molecule has 0 heterocycles. The summed E-state index contributed by atoms with van der Waals surface area (Å²) in [6.07, 6.45) is 6.13. The van der Waals surface area contributed by atoms with Crippen LogP contribution in [0.4, 0.5) is 5.69 Å². The number of carbonyl (C=O) groups excluding carboxylic acids is 2. The fourth-order valence-corrected chi connectivity index (χ4v) is 6.77. The average Bonchev–Trinajstić information content (AvgIpc) is 2.99. The van der Waals surface area contributed by atoms with Crippen molar-refractivity contribution < 1.29 is 22.7 Å². The quantitative estimate of drug-likeness (QED) is 0.235. The van der Waals surface area contributed by atoms with Gasteiger partial charge in [0.15, 0.2) is 0 Å². The third-order valence-corrected chi connectivity index (χ3v) is 9.84. The zero-order valence-electron chi connectivity index (χ0n) is 24.6. The van der Waals surface area contributed by atoms with Crippen LogP contribution in [0.3, 0.4) is 0 Å². The summed E-state index contributed by atoms with van der Waals surface area (Å²) in [6, 6.07) is 17.9. The summed E-state index contributed by atoms with van der Waals surface area (Å²) in [5, 5.41) is 4.01. The number of amides is 2. The van der Waals surface area contributed by atoms with E-state index in [4.69, 9.17) is 39.5 Å². The van der Waals surface area contributed by atoms with Gasteiger partial charge in [0.2, 0.25) is 21.8 Å². The number of carbonyl (C=O) groups is 2. The molecule has 3 aromatic carbocycles. The van der Waals surface area contributed by atoms with Crippen LogP contribution in [0.1, 0.15) is 43.2 Å². The van der Waals surface area contributed by atoms with E-state index >= 15 is 0 Å². The molecule has 1 aliphatic carbocycles. The van der Waals surface area contributed by atoms with E-state index in [9.17, 15) is 18.0 Å². The number of sulfonamides is 1. The van der Waals surface area contributed by atoms with Gasteiger partial charge < -0.3 is 15.0 Å². The number of nitrogens with zero attached hydrogens (tertiary/aromatic N) is 2. The van der Waals surface area contributed by atoms with Crippen molar-refractivity contribution in [3.8, 4) is 5.75 Å². The molecular formula is C32H36Cl3N3O5S. The van der Waals surface area contributed by atoms with Crippen LogP contribution in [-0.4, -0.2) is 57.1 Å². The highest BCUT2D eigenvalue weighted by Gasteiger charge is 2.34. The minimum atomic E-state index is -3.95. The molecule has 3 aromatic rings. The molecule has 0 aromatic heterocycles. The maximum absolute atomic E-state index is 14.3. The molecule has 0 aliphatic heterocycles. The molecule has 1 fully saturated rings. The van der Waals surface area contributed by atoms with Gasteiger partial charge >= 0.3 is 0 Å². The van der Waals surface area contributed by atoms with Gasteiger partial charge in [-0.3, -0.25) is 13.9 Å². The number of rotatable bonds is 12. The predicted octanol–water partition coefficient (Wildman–Crippen LogP) is 6.51. The summed E-state index contributed by atoms with van der Waals surface area (Å²) in [4.78, 5) is 29.7. The normalized spacial score (nSPS) is 14.5. The van der Waals surface area contributed by atoms with Crippen LogP contribution in [0.15, 0.2) is 66.7 Å². The van der Waals surface area contributed by atoms with Crippen LogP contribution in [-0.2, 0) is 32.6 Å². The van der Waals surface area contributed by atoms with Gasteiger partial charge in [-0.05, 0) is 54.3 Å². The number of nitrogens with one attached hydrogen (secondary N) is 1. The largest absolute Gasteiger partial charge is 0.495 e. The topological polar surface area (TPSA) is 96.0 Å². The maximum Gasteiger partial charge on any atom is 0.244 e. The van der Waals surface area contributed by atoms with E-state index in [0.717, 1.165) is 48.2 Å². The fourth-order valence-electron chi connectivity index (χ4n) is 5.36. The van der Waals surface area contributed by atoms with Crippen molar-refractivity contribution in [3.63, 3.8) is 0 Å². The van der Waals surface area contributed by atoms with Crippen molar-refractivity contribution in [1.29, 1.82) is 0 Å². The zero-order valence-corrected chi connectivity index (χ0v) is 27.7. The van der Waals surface area contributed by atoms with Gasteiger partial charge in [0, 0.05) is 19.0 Å². The smallest absolute Gasteiger partial charge is 0.244 e. The number of methoxy groups -OCH3 is 1. The Balaban J connectivity index is 1.74. The van der Waals surface area contributed by atoms with Crippen molar-refractivity contribution in [3.05, 3.63) is 92.9 Å². The first-order valence-corrected chi connectivity index (χ1v) is 17.3. The Morgan fingerprint density at radius 3 is 2.23 bits per heavy atom. The van der Waals surface area contributed by atoms with Gasteiger partial charge in [0.05, 0.1) is 34.1 Å². The first-order valence-electron chi connectivity index (χ1n) is 14.3. The molecule has 0 spiro atoms. The lowest BCUT2D eigenvalue weighted by molar-refractivity contribution is -0.140. The Hall–Kier alpha value is -2.98. The van der Waals surface area contributed by atoms with Crippen LogP contribution in [0.2, 0.25) is 15.1 Å². The lowest BCUT2D eigenvalue weighted by atomic mass is 9.94. The summed E-state index contributed by atoms with van der Waals surface area (Å²) in [5.41, 5.74) is 1.67. The Bertz CT molecular complexity index is 1570. The van der Waals surface area contributed by atoms with E-state index in [0.29, 0.717) is 21.4 Å². The molecule has 0 saturated heterocycles. The SMILES string of the molecule is COc1ccc(N(CC(=O)N(Cc2ccc(Cl)c(Cl)c2)C(Cc2ccccc2)C(=O)NC2CCCCC2)S(C)(=O)=O)cc1Cl. The van der Waals surface area contributed by atoms with Crippen LogP contribution < -0.4 is 14.4 Å². The molecule has 1 saturated carbocycles. The Kier molecular flexibility index (Phi) is 11.8. The molecule has 4 rings (SSSR count). The third-order valence-electron chi connectivity index (χ3n) is 7.66. The van der Waals surface area contributed by atoms with Gasteiger partial charge in [-0.1, -0.05) is 90.5 Å². The van der Waals surface area contributed by atoms with Crippen molar-refractivity contribution in [2.24, 2.45) is 0 Å². The molecule has 2 amide bonds. The molecule has 236 valence electrons. The Morgan fingerprint density at radius 1 is 0.909 bits per heavy atom. The van der Waals surface area contributed by atoms with Crippen LogP contribution in [0.5, 0.6) is 5.75 Å². The number of hydrogen-bond donors (Lipinski definition) is 1. The highest BCUT2D eigenvalue weighted by atomic mass is 35.5. The summed E-state index contributed by atoms with van der Waals surface area (Å²) in [6.45, 7) is -0.572. The molecule has 44 heavy (non-hydrogen) atoms.